The van der Waals surface area contributed by atoms with Crippen LogP contribution in [0.2, 0.25) is 0 Å². The molecule has 23 heavy (non-hydrogen) atoms. The average Bonchev–Trinajstić information content (AvgIpc) is 2.48. The highest BCUT2D eigenvalue weighted by Gasteiger charge is 2.23. The van der Waals surface area contributed by atoms with E-state index >= 15 is 0 Å². The molecular formula is C19H21NO3. The first kappa shape index (κ1) is 16.7. The maximum absolute atomic E-state index is 12.2. The number of rotatable bonds is 5. The van der Waals surface area contributed by atoms with Crippen molar-refractivity contribution in [1.82, 2.24) is 0 Å². The topological polar surface area (TPSA) is 66.4 Å². The number of hydrogen-bond donors (Lipinski definition) is 2. The van der Waals surface area contributed by atoms with Crippen LogP contribution in [0.15, 0.2) is 42.5 Å². The van der Waals surface area contributed by atoms with Crippen molar-refractivity contribution in [3.8, 4) is 0 Å². The predicted octanol–water partition coefficient (Wildman–Crippen LogP) is 3.81. The lowest BCUT2D eigenvalue weighted by molar-refractivity contribution is -0.140. The van der Waals surface area contributed by atoms with Crippen molar-refractivity contribution < 1.29 is 14.7 Å². The smallest absolute Gasteiger partial charge is 0.311 e. The second-order valence-corrected chi connectivity index (χ2v) is 5.87. The zero-order chi connectivity index (χ0) is 17.0. The van der Waals surface area contributed by atoms with Crippen molar-refractivity contribution in [2.75, 3.05) is 5.32 Å². The molecule has 0 aliphatic carbocycles. The minimum atomic E-state index is -0.996. The first-order valence-electron chi connectivity index (χ1n) is 7.53. The van der Waals surface area contributed by atoms with Gasteiger partial charge < -0.3 is 10.4 Å². The fraction of sp³-hybridized carbons (Fsp3) is 0.263. The number of carbonyl (C=O) groups excluding carboxylic acids is 1. The van der Waals surface area contributed by atoms with Crippen LogP contribution in [0.3, 0.4) is 0 Å². The van der Waals surface area contributed by atoms with Crippen LogP contribution in [-0.4, -0.2) is 17.0 Å². The van der Waals surface area contributed by atoms with Gasteiger partial charge in [-0.3, -0.25) is 9.59 Å². The molecule has 0 bridgehead atoms. The number of carboxylic acids is 1. The van der Waals surface area contributed by atoms with E-state index in [4.69, 9.17) is 0 Å². The Bertz CT molecular complexity index is 720. The molecule has 0 aromatic heterocycles. The van der Waals surface area contributed by atoms with Gasteiger partial charge in [0.15, 0.2) is 0 Å². The molecule has 2 rings (SSSR count). The van der Waals surface area contributed by atoms with Crippen LogP contribution in [0.4, 0.5) is 5.69 Å². The summed E-state index contributed by atoms with van der Waals surface area (Å²) in [5, 5.41) is 12.2. The Morgan fingerprint density at radius 3 is 2.17 bits per heavy atom. The van der Waals surface area contributed by atoms with Gasteiger partial charge in [-0.15, -0.1) is 0 Å². The van der Waals surface area contributed by atoms with Crippen molar-refractivity contribution >= 4 is 17.6 Å². The molecule has 1 atom stereocenters. The summed E-state index contributed by atoms with van der Waals surface area (Å²) >= 11 is 0. The Morgan fingerprint density at radius 2 is 1.61 bits per heavy atom. The largest absolute Gasteiger partial charge is 0.481 e. The molecule has 4 heteroatoms. The third-order valence-electron chi connectivity index (χ3n) is 3.82. The highest BCUT2D eigenvalue weighted by molar-refractivity contribution is 5.95. The quantitative estimate of drug-likeness (QED) is 0.882. The van der Waals surface area contributed by atoms with Gasteiger partial charge in [-0.25, -0.2) is 0 Å². The SMILES string of the molecule is Cc1ccc(C(CC(=O)Nc2ccc(C)cc2C)C(=O)O)cc1. The Labute approximate surface area is 136 Å². The van der Waals surface area contributed by atoms with Crippen LogP contribution in [0.1, 0.15) is 34.6 Å². The van der Waals surface area contributed by atoms with E-state index in [-0.39, 0.29) is 12.3 Å². The van der Waals surface area contributed by atoms with Gasteiger partial charge in [0.25, 0.3) is 0 Å². The number of hydrogen-bond acceptors (Lipinski definition) is 2. The van der Waals surface area contributed by atoms with E-state index in [0.717, 1.165) is 16.7 Å². The molecule has 1 unspecified atom stereocenters. The standard InChI is InChI=1S/C19H21NO3/c1-12-4-7-15(8-5-12)16(19(22)23)11-18(21)20-17-9-6-13(2)10-14(17)3/h4-10,16H,11H2,1-3H3,(H,20,21)(H,22,23). The van der Waals surface area contributed by atoms with Crippen molar-refractivity contribution in [2.24, 2.45) is 0 Å². The van der Waals surface area contributed by atoms with Gasteiger partial charge >= 0.3 is 5.97 Å². The molecule has 2 aromatic rings. The molecule has 0 aliphatic heterocycles. The molecule has 2 aromatic carbocycles. The monoisotopic (exact) mass is 311 g/mol. The van der Waals surface area contributed by atoms with Gasteiger partial charge in [0.2, 0.25) is 5.91 Å². The average molecular weight is 311 g/mol. The molecule has 1 amide bonds. The minimum Gasteiger partial charge on any atom is -0.481 e. The Kier molecular flexibility index (Phi) is 5.16. The van der Waals surface area contributed by atoms with Crippen LogP contribution in [0.25, 0.3) is 0 Å². The normalized spacial score (nSPS) is 11.8. The number of aliphatic carboxylic acids is 1. The lowest BCUT2D eigenvalue weighted by Gasteiger charge is -2.14. The molecule has 0 fully saturated rings. The second kappa shape index (κ2) is 7.09. The summed E-state index contributed by atoms with van der Waals surface area (Å²) in [6.45, 7) is 5.83. The van der Waals surface area contributed by atoms with E-state index in [0.29, 0.717) is 11.3 Å². The third-order valence-corrected chi connectivity index (χ3v) is 3.82. The first-order chi connectivity index (χ1) is 10.9. The summed E-state index contributed by atoms with van der Waals surface area (Å²) < 4.78 is 0. The van der Waals surface area contributed by atoms with E-state index < -0.39 is 11.9 Å². The number of nitrogens with one attached hydrogen (secondary N) is 1. The van der Waals surface area contributed by atoms with E-state index in [9.17, 15) is 14.7 Å². The first-order valence-corrected chi connectivity index (χ1v) is 7.53. The van der Waals surface area contributed by atoms with Crippen LogP contribution in [0, 0.1) is 20.8 Å². The van der Waals surface area contributed by atoms with Gasteiger partial charge in [0.05, 0.1) is 5.92 Å². The van der Waals surface area contributed by atoms with Gasteiger partial charge in [-0.05, 0) is 38.0 Å². The van der Waals surface area contributed by atoms with E-state index in [2.05, 4.69) is 5.32 Å². The van der Waals surface area contributed by atoms with Gasteiger partial charge in [-0.2, -0.15) is 0 Å². The Morgan fingerprint density at radius 1 is 1.00 bits per heavy atom. The molecule has 4 nitrogen and oxygen atoms in total. The summed E-state index contributed by atoms with van der Waals surface area (Å²) in [4.78, 5) is 23.7. The summed E-state index contributed by atoms with van der Waals surface area (Å²) in [6, 6.07) is 13.0. The number of aryl methyl sites for hydroxylation is 3. The predicted molar refractivity (Wildman–Crippen MR) is 90.7 cm³/mol. The van der Waals surface area contributed by atoms with Crippen LogP contribution in [0.5, 0.6) is 0 Å². The second-order valence-electron chi connectivity index (χ2n) is 5.87. The van der Waals surface area contributed by atoms with Crippen molar-refractivity contribution in [2.45, 2.75) is 33.1 Å². The van der Waals surface area contributed by atoms with Gasteiger partial charge in [0.1, 0.15) is 0 Å². The summed E-state index contributed by atoms with van der Waals surface area (Å²) in [5.41, 5.74) is 4.48. The minimum absolute atomic E-state index is 0.0916. The zero-order valence-corrected chi connectivity index (χ0v) is 13.6. The van der Waals surface area contributed by atoms with Crippen molar-refractivity contribution in [1.29, 1.82) is 0 Å². The molecule has 0 spiro atoms. The maximum Gasteiger partial charge on any atom is 0.311 e. The summed E-state index contributed by atoms with van der Waals surface area (Å²) in [7, 11) is 0. The highest BCUT2D eigenvalue weighted by Crippen LogP contribution is 2.22. The molecule has 0 saturated carbocycles. The van der Waals surface area contributed by atoms with Crippen molar-refractivity contribution in [3.05, 3.63) is 64.7 Å². The third kappa shape index (κ3) is 4.42. The lowest BCUT2D eigenvalue weighted by Crippen LogP contribution is -2.21. The van der Waals surface area contributed by atoms with E-state index in [1.165, 1.54) is 0 Å². The van der Waals surface area contributed by atoms with Crippen LogP contribution >= 0.6 is 0 Å². The molecule has 0 radical (unpaired) electrons. The van der Waals surface area contributed by atoms with Crippen LogP contribution in [-0.2, 0) is 9.59 Å². The molecule has 0 saturated heterocycles. The lowest BCUT2D eigenvalue weighted by atomic mass is 9.94. The fourth-order valence-electron chi connectivity index (χ4n) is 2.49. The van der Waals surface area contributed by atoms with Crippen LogP contribution < -0.4 is 5.32 Å². The number of anilines is 1. The van der Waals surface area contributed by atoms with E-state index in [1.807, 2.05) is 51.1 Å². The molecular weight excluding hydrogens is 290 g/mol. The van der Waals surface area contributed by atoms with E-state index in [1.54, 1.807) is 12.1 Å². The number of carbonyl (C=O) groups is 2. The molecule has 2 N–H and O–H groups in total. The number of carboxylic acid groups (broad SMARTS) is 1. The Hall–Kier alpha value is -2.62. The highest BCUT2D eigenvalue weighted by atomic mass is 16.4. The number of benzene rings is 2. The molecule has 0 heterocycles. The number of amides is 1. The zero-order valence-electron chi connectivity index (χ0n) is 13.6. The van der Waals surface area contributed by atoms with Crippen molar-refractivity contribution in [3.63, 3.8) is 0 Å². The van der Waals surface area contributed by atoms with Gasteiger partial charge in [-0.1, -0.05) is 47.5 Å². The fourth-order valence-corrected chi connectivity index (χ4v) is 2.49. The molecule has 0 aliphatic rings. The summed E-state index contributed by atoms with van der Waals surface area (Å²) in [5.74, 6) is -2.14. The summed E-state index contributed by atoms with van der Waals surface area (Å²) in [6.07, 6.45) is -0.0916. The van der Waals surface area contributed by atoms with Gasteiger partial charge in [0, 0.05) is 12.1 Å². The maximum atomic E-state index is 12.2. The Balaban J connectivity index is 2.12. The molecule has 120 valence electrons.